The molecular formula is C20H20N2O4S2. The molecule has 3 aromatic rings. The number of hydrogen-bond acceptors (Lipinski definition) is 7. The fraction of sp³-hybridized carbons (Fsp3) is 0.300. The van der Waals surface area contributed by atoms with Gasteiger partial charge in [-0.3, -0.25) is 14.4 Å². The second kappa shape index (κ2) is 8.28. The number of carbonyl (C=O) groups excluding carboxylic acids is 2. The van der Waals surface area contributed by atoms with E-state index in [-0.39, 0.29) is 11.3 Å². The van der Waals surface area contributed by atoms with Gasteiger partial charge in [0.05, 0.1) is 11.1 Å². The van der Waals surface area contributed by atoms with Crippen molar-refractivity contribution in [2.75, 3.05) is 0 Å². The highest BCUT2D eigenvalue weighted by Gasteiger charge is 2.18. The number of ether oxygens (including phenoxy) is 1. The van der Waals surface area contributed by atoms with E-state index in [4.69, 9.17) is 4.74 Å². The van der Waals surface area contributed by atoms with Gasteiger partial charge in [0.1, 0.15) is 21.7 Å². The normalized spacial score (nSPS) is 12.1. The quantitative estimate of drug-likeness (QED) is 0.371. The van der Waals surface area contributed by atoms with Gasteiger partial charge in [-0.1, -0.05) is 0 Å². The molecule has 3 rings (SSSR count). The molecule has 0 aliphatic heterocycles. The largest absolute Gasteiger partial charge is 0.426 e. The van der Waals surface area contributed by atoms with Gasteiger partial charge in [0.15, 0.2) is 5.78 Å². The fourth-order valence-corrected chi connectivity index (χ4v) is 4.37. The van der Waals surface area contributed by atoms with Crippen molar-refractivity contribution in [1.29, 1.82) is 0 Å². The Kier molecular flexibility index (Phi) is 6.00. The number of esters is 1. The number of nitrogens with zero attached hydrogens (tertiary/aromatic N) is 1. The molecule has 28 heavy (non-hydrogen) atoms. The maximum absolute atomic E-state index is 12.3. The average Bonchev–Trinajstić information content (AvgIpc) is 2.94. The topological polar surface area (TPSA) is 89.1 Å². The first-order valence-electron chi connectivity index (χ1n) is 8.69. The highest BCUT2D eigenvalue weighted by atomic mass is 32.2. The van der Waals surface area contributed by atoms with Crippen LogP contribution in [0.25, 0.3) is 10.2 Å². The molecule has 0 aliphatic rings. The molecule has 1 aromatic carbocycles. The fourth-order valence-electron chi connectivity index (χ4n) is 2.60. The van der Waals surface area contributed by atoms with E-state index >= 15 is 0 Å². The molecule has 0 saturated carbocycles. The van der Waals surface area contributed by atoms with Crippen LogP contribution in [0.3, 0.4) is 0 Å². The maximum Gasteiger partial charge on any atom is 0.324 e. The van der Waals surface area contributed by atoms with Crippen LogP contribution in [0.15, 0.2) is 29.1 Å². The van der Waals surface area contributed by atoms with E-state index in [0.717, 1.165) is 15.3 Å². The van der Waals surface area contributed by atoms with E-state index in [0.29, 0.717) is 28.3 Å². The molecule has 0 aliphatic carbocycles. The van der Waals surface area contributed by atoms with Crippen LogP contribution in [0.5, 0.6) is 5.75 Å². The average molecular weight is 417 g/mol. The van der Waals surface area contributed by atoms with Crippen molar-refractivity contribution < 1.29 is 14.3 Å². The molecular weight excluding hydrogens is 396 g/mol. The number of fused-ring (bicyclic) bond motifs is 1. The molecule has 0 bridgehead atoms. The number of benzene rings is 1. The Hall–Kier alpha value is -2.45. The van der Waals surface area contributed by atoms with E-state index in [9.17, 15) is 14.4 Å². The Morgan fingerprint density at radius 2 is 1.93 bits per heavy atom. The highest BCUT2D eigenvalue weighted by Crippen LogP contribution is 2.26. The summed E-state index contributed by atoms with van der Waals surface area (Å²) < 4.78 is 5.35. The van der Waals surface area contributed by atoms with Crippen LogP contribution in [0.2, 0.25) is 0 Å². The second-order valence-corrected chi connectivity index (χ2v) is 8.96. The Balaban J connectivity index is 1.64. The van der Waals surface area contributed by atoms with Crippen LogP contribution < -0.4 is 10.3 Å². The van der Waals surface area contributed by atoms with Crippen molar-refractivity contribution >= 4 is 45.1 Å². The smallest absolute Gasteiger partial charge is 0.324 e. The third kappa shape index (κ3) is 4.34. The number of aryl methyl sites for hydroxylation is 2. The Labute approximate surface area is 170 Å². The van der Waals surface area contributed by atoms with Gasteiger partial charge in [-0.05, 0) is 57.5 Å². The van der Waals surface area contributed by atoms with Gasteiger partial charge in [-0.15, -0.1) is 23.1 Å². The first-order chi connectivity index (χ1) is 13.3. The lowest BCUT2D eigenvalue weighted by molar-refractivity contribution is -0.133. The lowest BCUT2D eigenvalue weighted by atomic mass is 10.1. The van der Waals surface area contributed by atoms with Crippen LogP contribution in [0, 0.1) is 13.8 Å². The van der Waals surface area contributed by atoms with Crippen LogP contribution in [0.1, 0.15) is 40.5 Å². The first kappa shape index (κ1) is 20.3. The summed E-state index contributed by atoms with van der Waals surface area (Å²) >= 11 is 2.83. The summed E-state index contributed by atoms with van der Waals surface area (Å²) in [5, 5.41) is 0.193. The molecule has 0 saturated heterocycles. The number of ketones is 1. The van der Waals surface area contributed by atoms with Gasteiger partial charge in [-0.2, -0.15) is 0 Å². The van der Waals surface area contributed by atoms with Gasteiger partial charge < -0.3 is 9.72 Å². The molecule has 146 valence electrons. The molecule has 8 heteroatoms. The Morgan fingerprint density at radius 1 is 1.25 bits per heavy atom. The highest BCUT2D eigenvalue weighted by molar-refractivity contribution is 7.99. The number of thioether (sulfide) groups is 1. The molecule has 0 unspecified atom stereocenters. The minimum Gasteiger partial charge on any atom is -0.426 e. The van der Waals surface area contributed by atoms with Crippen molar-refractivity contribution in [3.8, 4) is 5.75 Å². The molecule has 1 atom stereocenters. The van der Waals surface area contributed by atoms with Crippen molar-refractivity contribution in [3.63, 3.8) is 0 Å². The lowest BCUT2D eigenvalue weighted by Crippen LogP contribution is -2.20. The summed E-state index contributed by atoms with van der Waals surface area (Å²) in [4.78, 5) is 45.0. The number of thiophene rings is 1. The van der Waals surface area contributed by atoms with E-state index < -0.39 is 11.2 Å². The molecule has 2 heterocycles. The van der Waals surface area contributed by atoms with Crippen molar-refractivity contribution in [2.24, 2.45) is 0 Å². The number of rotatable bonds is 6. The molecule has 0 fully saturated rings. The molecule has 2 aromatic heterocycles. The van der Waals surface area contributed by atoms with Gasteiger partial charge in [0.2, 0.25) is 0 Å². The number of carbonyl (C=O) groups is 2. The van der Waals surface area contributed by atoms with E-state index in [1.54, 1.807) is 31.2 Å². The zero-order valence-electron chi connectivity index (χ0n) is 16.0. The van der Waals surface area contributed by atoms with Crippen LogP contribution in [0.4, 0.5) is 0 Å². The third-order valence-corrected chi connectivity index (χ3v) is 6.60. The number of aromatic amines is 1. The van der Waals surface area contributed by atoms with Crippen LogP contribution in [-0.2, 0) is 10.5 Å². The summed E-state index contributed by atoms with van der Waals surface area (Å²) in [6, 6.07) is 6.44. The zero-order chi connectivity index (χ0) is 20.4. The summed E-state index contributed by atoms with van der Waals surface area (Å²) in [5.41, 5.74) is 1.37. The van der Waals surface area contributed by atoms with Crippen molar-refractivity contribution in [2.45, 2.75) is 38.7 Å². The number of aromatic nitrogens is 2. The zero-order valence-corrected chi connectivity index (χ0v) is 17.6. The van der Waals surface area contributed by atoms with E-state index in [1.807, 2.05) is 13.8 Å². The molecule has 0 radical (unpaired) electrons. The van der Waals surface area contributed by atoms with Crippen molar-refractivity contribution in [1.82, 2.24) is 9.97 Å². The number of hydrogen-bond donors (Lipinski definition) is 1. The summed E-state index contributed by atoms with van der Waals surface area (Å²) in [7, 11) is 0. The van der Waals surface area contributed by atoms with Crippen LogP contribution in [-0.4, -0.2) is 27.0 Å². The number of H-pyrrole nitrogens is 1. The minimum atomic E-state index is -0.444. The molecule has 6 nitrogen and oxygen atoms in total. The first-order valence-corrected chi connectivity index (χ1v) is 10.6. The third-order valence-electron chi connectivity index (χ3n) is 4.37. The van der Waals surface area contributed by atoms with Gasteiger partial charge >= 0.3 is 5.97 Å². The number of Topliss-reactive ketones (excluding diaryl/α,β-unsaturated/α-hetero) is 1. The van der Waals surface area contributed by atoms with Gasteiger partial charge in [0, 0.05) is 10.4 Å². The second-order valence-electron chi connectivity index (χ2n) is 6.43. The monoisotopic (exact) mass is 416 g/mol. The van der Waals surface area contributed by atoms with E-state index in [2.05, 4.69) is 9.97 Å². The van der Waals surface area contributed by atoms with Gasteiger partial charge in [-0.25, -0.2) is 4.98 Å². The standard InChI is InChI=1S/C20H20N2O4S2/c1-10-12(3)28-19-17(10)18(24)21-16(22-19)9-27-13(4)20(25)26-15-7-5-14(6-8-15)11(2)23/h5-8,13H,9H2,1-4H3,(H,21,22,24)/t13-/m0/s1. The van der Waals surface area contributed by atoms with Crippen molar-refractivity contribution in [3.05, 3.63) is 56.4 Å². The molecule has 1 N–H and O–H groups in total. The predicted molar refractivity (Wildman–Crippen MR) is 113 cm³/mol. The molecule has 0 spiro atoms. The van der Waals surface area contributed by atoms with Crippen LogP contribution >= 0.6 is 23.1 Å². The SMILES string of the molecule is CC(=O)c1ccc(OC(=O)[C@H](C)SCc2nc3sc(C)c(C)c3c(=O)[nH]2)cc1. The Bertz CT molecular complexity index is 1100. The molecule has 0 amide bonds. The maximum atomic E-state index is 12.3. The summed E-state index contributed by atoms with van der Waals surface area (Å²) in [6.07, 6.45) is 0. The number of nitrogens with one attached hydrogen (secondary N) is 1. The summed E-state index contributed by atoms with van der Waals surface area (Å²) in [5.74, 6) is 0.873. The lowest BCUT2D eigenvalue weighted by Gasteiger charge is -2.11. The minimum absolute atomic E-state index is 0.0450. The Morgan fingerprint density at radius 3 is 2.57 bits per heavy atom. The predicted octanol–water partition coefficient (Wildman–Crippen LogP) is 4.03. The summed E-state index contributed by atoms with van der Waals surface area (Å²) in [6.45, 7) is 7.11. The van der Waals surface area contributed by atoms with Gasteiger partial charge in [0.25, 0.3) is 5.56 Å². The van der Waals surface area contributed by atoms with E-state index in [1.165, 1.54) is 30.0 Å².